The van der Waals surface area contributed by atoms with Gasteiger partial charge in [0.2, 0.25) is 0 Å². The van der Waals surface area contributed by atoms with Crippen LogP contribution in [-0.4, -0.2) is 142 Å². The first kappa shape index (κ1) is 67.8. The predicted octanol–water partition coefficient (Wildman–Crippen LogP) is 10.5. The van der Waals surface area contributed by atoms with E-state index in [1.807, 2.05) is 0 Å². The zero-order valence-corrected chi connectivity index (χ0v) is 46.1. The van der Waals surface area contributed by atoms with Gasteiger partial charge in [0.25, 0.3) is 0 Å². The lowest BCUT2D eigenvalue weighted by Gasteiger charge is -2.42. The molecule has 2 aliphatic rings. The molecule has 14 nitrogen and oxygen atoms in total. The summed E-state index contributed by atoms with van der Waals surface area (Å²) in [7, 11) is 0. The van der Waals surface area contributed by atoms with E-state index < -0.39 is 80.7 Å². The van der Waals surface area contributed by atoms with Crippen LogP contribution in [0.25, 0.3) is 0 Å². The van der Waals surface area contributed by atoms with Crippen LogP contribution in [-0.2, 0) is 33.2 Å². The van der Waals surface area contributed by atoms with Gasteiger partial charge in [-0.15, -0.1) is 0 Å². The average Bonchev–Trinajstić information content (AvgIpc) is 3.40. The number of allylic oxidation sites excluding steroid dienone is 10. The molecule has 0 bridgehead atoms. The molecule has 74 heavy (non-hydrogen) atoms. The van der Waals surface area contributed by atoms with Crippen LogP contribution in [0.5, 0.6) is 0 Å². The summed E-state index contributed by atoms with van der Waals surface area (Å²) in [5, 5.41) is 72.4. The van der Waals surface area contributed by atoms with Gasteiger partial charge in [-0.1, -0.05) is 209 Å². The van der Waals surface area contributed by atoms with Crippen molar-refractivity contribution in [2.75, 3.05) is 33.0 Å². The van der Waals surface area contributed by atoms with Crippen molar-refractivity contribution in [3.05, 3.63) is 60.8 Å². The first-order valence-electron chi connectivity index (χ1n) is 29.4. The summed E-state index contributed by atoms with van der Waals surface area (Å²) in [5.74, 6) is -0.383. The minimum absolute atomic E-state index is 0.0443. The Labute approximate surface area is 447 Å². The molecule has 2 fully saturated rings. The van der Waals surface area contributed by atoms with Crippen molar-refractivity contribution in [3.63, 3.8) is 0 Å². The third-order valence-corrected chi connectivity index (χ3v) is 13.8. The zero-order chi connectivity index (χ0) is 53.7. The van der Waals surface area contributed by atoms with Gasteiger partial charge in [-0.25, -0.2) is 0 Å². The molecule has 0 aliphatic carbocycles. The Kier molecular flexibility index (Phi) is 42.8. The molecular weight excluding hydrogens is 945 g/mol. The normalized spacial score (nSPS) is 25.2. The third-order valence-electron chi connectivity index (χ3n) is 13.8. The molecule has 0 amide bonds. The van der Waals surface area contributed by atoms with E-state index in [0.29, 0.717) is 13.0 Å². The van der Waals surface area contributed by atoms with Gasteiger partial charge in [0.1, 0.15) is 54.9 Å². The van der Waals surface area contributed by atoms with Crippen LogP contribution in [0.3, 0.4) is 0 Å². The van der Waals surface area contributed by atoms with Crippen molar-refractivity contribution in [2.24, 2.45) is 0 Å². The fourth-order valence-corrected chi connectivity index (χ4v) is 9.08. The summed E-state index contributed by atoms with van der Waals surface area (Å²) in [5.41, 5.74) is 0. The number of aliphatic hydroxyl groups is 7. The second-order valence-corrected chi connectivity index (χ2v) is 20.4. The van der Waals surface area contributed by atoms with Crippen LogP contribution in [0.2, 0.25) is 0 Å². The molecule has 430 valence electrons. The van der Waals surface area contributed by atoms with Crippen molar-refractivity contribution >= 4 is 5.97 Å². The molecule has 14 heteroatoms. The van der Waals surface area contributed by atoms with Gasteiger partial charge in [-0.3, -0.25) is 4.79 Å². The molecule has 0 aromatic heterocycles. The summed E-state index contributed by atoms with van der Waals surface area (Å²) in [6.45, 7) is 3.54. The number of hydrogen-bond donors (Lipinski definition) is 7. The Hall–Kier alpha value is -2.31. The molecule has 0 aromatic carbocycles. The lowest BCUT2D eigenvalue weighted by atomic mass is 9.98. The van der Waals surface area contributed by atoms with Crippen LogP contribution < -0.4 is 0 Å². The Balaban J connectivity index is 1.73. The van der Waals surface area contributed by atoms with Gasteiger partial charge < -0.3 is 64.2 Å². The van der Waals surface area contributed by atoms with Crippen LogP contribution in [0.4, 0.5) is 0 Å². The second-order valence-electron chi connectivity index (χ2n) is 20.4. The summed E-state index contributed by atoms with van der Waals surface area (Å²) < 4.78 is 34.4. The van der Waals surface area contributed by atoms with Crippen molar-refractivity contribution in [1.29, 1.82) is 0 Å². The molecule has 7 N–H and O–H groups in total. The van der Waals surface area contributed by atoms with Crippen molar-refractivity contribution < 1.29 is 69.0 Å². The van der Waals surface area contributed by atoms with E-state index in [0.717, 1.165) is 83.5 Å². The molecule has 11 atom stereocenters. The molecule has 2 saturated heterocycles. The Morgan fingerprint density at radius 2 is 0.878 bits per heavy atom. The van der Waals surface area contributed by atoms with Crippen molar-refractivity contribution in [3.8, 4) is 0 Å². The monoisotopic (exact) mass is 1050 g/mol. The van der Waals surface area contributed by atoms with E-state index in [4.69, 9.17) is 28.4 Å². The Morgan fingerprint density at radius 1 is 0.459 bits per heavy atom. The number of esters is 1. The summed E-state index contributed by atoms with van der Waals surface area (Å²) in [6.07, 6.45) is 41.4. The highest BCUT2D eigenvalue weighted by Gasteiger charge is 2.47. The summed E-state index contributed by atoms with van der Waals surface area (Å²) >= 11 is 0. The van der Waals surface area contributed by atoms with Crippen molar-refractivity contribution in [2.45, 2.75) is 280 Å². The molecular formula is C60H106O14. The van der Waals surface area contributed by atoms with E-state index in [2.05, 4.69) is 74.6 Å². The van der Waals surface area contributed by atoms with E-state index in [-0.39, 0.29) is 25.6 Å². The largest absolute Gasteiger partial charge is 0.457 e. The van der Waals surface area contributed by atoms with Gasteiger partial charge in [0, 0.05) is 13.0 Å². The summed E-state index contributed by atoms with van der Waals surface area (Å²) in [6, 6.07) is 0. The number of unbranched alkanes of at least 4 members (excludes halogenated alkanes) is 23. The van der Waals surface area contributed by atoms with Crippen molar-refractivity contribution in [1.82, 2.24) is 0 Å². The highest BCUT2D eigenvalue weighted by Crippen LogP contribution is 2.27. The van der Waals surface area contributed by atoms with E-state index in [9.17, 15) is 40.5 Å². The number of carbonyl (C=O) groups is 1. The standard InChI is InChI=1S/C60H106O14/c1-3-5-7-9-11-13-15-17-19-21-23-25-27-29-31-33-35-37-39-41-43-52(62)72-49(46-69-44-42-40-38-36-34-32-30-28-26-24-22-20-18-16-14-12-10-8-6-4-2)47-70-59-58(68)56(66)54(64)51(74-59)48-71-60-57(67)55(65)53(63)50(45-61)73-60/h6,8,12,14,18,20,24,26,30,32,49-51,53-61,63-68H,3-5,7,9-11,13,15-17,19,21-23,25,27-29,31,33-48H2,1-2H3/b8-6-,14-12-,20-18-,26-24-,32-30-. The average molecular weight is 1050 g/mol. The number of rotatable bonds is 47. The maximum absolute atomic E-state index is 13.1. The van der Waals surface area contributed by atoms with E-state index in [1.165, 1.54) is 103 Å². The van der Waals surface area contributed by atoms with Crippen LogP contribution >= 0.6 is 0 Å². The summed E-state index contributed by atoms with van der Waals surface area (Å²) in [4.78, 5) is 13.1. The molecule has 0 saturated carbocycles. The van der Waals surface area contributed by atoms with Gasteiger partial charge >= 0.3 is 5.97 Å². The molecule has 2 rings (SSSR count). The first-order valence-corrected chi connectivity index (χ1v) is 29.4. The highest BCUT2D eigenvalue weighted by atomic mass is 16.7. The predicted molar refractivity (Wildman–Crippen MR) is 293 cm³/mol. The fourth-order valence-electron chi connectivity index (χ4n) is 9.08. The number of hydrogen-bond acceptors (Lipinski definition) is 14. The van der Waals surface area contributed by atoms with Gasteiger partial charge in [0.15, 0.2) is 12.6 Å². The Bertz CT molecular complexity index is 1450. The molecule has 2 heterocycles. The quantitative estimate of drug-likeness (QED) is 0.0172. The topological polar surface area (TPSA) is 214 Å². The third kappa shape index (κ3) is 33.1. The maximum Gasteiger partial charge on any atom is 0.306 e. The van der Waals surface area contributed by atoms with Crippen LogP contribution in [0.15, 0.2) is 60.8 Å². The lowest BCUT2D eigenvalue weighted by Crippen LogP contribution is -2.61. The maximum atomic E-state index is 13.1. The van der Waals surface area contributed by atoms with Gasteiger partial charge in [-0.2, -0.15) is 0 Å². The number of carbonyl (C=O) groups excluding carboxylic acids is 1. The number of ether oxygens (including phenoxy) is 6. The zero-order valence-electron chi connectivity index (χ0n) is 46.1. The molecule has 11 unspecified atom stereocenters. The first-order chi connectivity index (χ1) is 36.1. The SMILES string of the molecule is CC/C=C\C/C=C\C/C=C\C/C=C\C/C=C\CCCCCCOCC(COC1OC(COC2OC(CO)C(O)C(O)C2O)C(O)C(O)C1O)OC(=O)CCCCCCCCCCCCCCCCCCCCCC. The molecule has 0 spiro atoms. The minimum Gasteiger partial charge on any atom is -0.457 e. The van der Waals surface area contributed by atoms with Crippen LogP contribution in [0.1, 0.15) is 213 Å². The van der Waals surface area contributed by atoms with Gasteiger partial charge in [-0.05, 0) is 57.8 Å². The van der Waals surface area contributed by atoms with Gasteiger partial charge in [0.05, 0.1) is 26.4 Å². The lowest BCUT2D eigenvalue weighted by molar-refractivity contribution is -0.332. The second kappa shape index (κ2) is 46.8. The Morgan fingerprint density at radius 3 is 1.38 bits per heavy atom. The van der Waals surface area contributed by atoms with E-state index in [1.54, 1.807) is 0 Å². The molecule has 0 radical (unpaired) electrons. The number of aliphatic hydroxyl groups excluding tert-OH is 7. The molecule has 2 aliphatic heterocycles. The van der Waals surface area contributed by atoms with E-state index >= 15 is 0 Å². The smallest absolute Gasteiger partial charge is 0.306 e. The minimum atomic E-state index is -1.71. The van der Waals surface area contributed by atoms with Crippen LogP contribution in [0, 0.1) is 0 Å². The molecule has 0 aromatic rings. The highest BCUT2D eigenvalue weighted by molar-refractivity contribution is 5.69. The fraction of sp³-hybridized carbons (Fsp3) is 0.817.